The third-order valence-corrected chi connectivity index (χ3v) is 4.89. The van der Waals surface area contributed by atoms with Gasteiger partial charge in [-0.2, -0.15) is 10.1 Å². The van der Waals surface area contributed by atoms with Crippen molar-refractivity contribution in [3.63, 3.8) is 0 Å². The van der Waals surface area contributed by atoms with Crippen LogP contribution in [0.1, 0.15) is 11.4 Å². The molecule has 1 amide bonds. The number of carbonyl (C=O) groups is 1. The van der Waals surface area contributed by atoms with Gasteiger partial charge in [-0.05, 0) is 24.6 Å². The molecule has 1 aromatic heterocycles. The molecule has 1 aromatic carbocycles. The Morgan fingerprint density at radius 3 is 2.84 bits per heavy atom. The molecule has 0 saturated carbocycles. The standard InChI is InChI=1S/C21H26N6O4/c1-16-3-2-4-17(13-16)25-22-15-18-23-19(26-5-9-29-10-6-26)14-20(24-18)30-11-7-27-8-12-31-21(27)28/h2-4,13-15,25H,5-12H2,1H3/b22-15+. The molecule has 0 aliphatic carbocycles. The van der Waals surface area contributed by atoms with Gasteiger partial charge in [-0.3, -0.25) is 5.43 Å². The van der Waals surface area contributed by atoms with Crippen molar-refractivity contribution in [1.29, 1.82) is 0 Å². The molecule has 2 fully saturated rings. The number of nitrogens with one attached hydrogen (secondary N) is 1. The second kappa shape index (κ2) is 10.1. The zero-order chi connectivity index (χ0) is 21.5. The van der Waals surface area contributed by atoms with E-state index in [1.54, 1.807) is 17.2 Å². The monoisotopic (exact) mass is 426 g/mol. The molecule has 0 bridgehead atoms. The van der Waals surface area contributed by atoms with E-state index in [2.05, 4.69) is 25.4 Å². The Morgan fingerprint density at radius 1 is 1.19 bits per heavy atom. The van der Waals surface area contributed by atoms with Gasteiger partial charge in [-0.15, -0.1) is 0 Å². The minimum absolute atomic E-state index is 0.310. The summed E-state index contributed by atoms with van der Waals surface area (Å²) >= 11 is 0. The topological polar surface area (TPSA) is 101 Å². The van der Waals surface area contributed by atoms with Gasteiger partial charge < -0.3 is 24.0 Å². The highest BCUT2D eigenvalue weighted by Gasteiger charge is 2.21. The average Bonchev–Trinajstić information content (AvgIpc) is 3.19. The predicted octanol–water partition coefficient (Wildman–Crippen LogP) is 1.90. The summed E-state index contributed by atoms with van der Waals surface area (Å²) in [5.74, 6) is 1.62. The number of anilines is 2. The van der Waals surface area contributed by atoms with Gasteiger partial charge in [0.05, 0.1) is 38.2 Å². The molecule has 10 heteroatoms. The number of rotatable bonds is 8. The highest BCUT2D eigenvalue weighted by atomic mass is 16.6. The van der Waals surface area contributed by atoms with Gasteiger partial charge in [0.15, 0.2) is 5.82 Å². The second-order valence-electron chi connectivity index (χ2n) is 7.21. The van der Waals surface area contributed by atoms with Crippen molar-refractivity contribution in [1.82, 2.24) is 14.9 Å². The summed E-state index contributed by atoms with van der Waals surface area (Å²) in [6, 6.07) is 9.73. The predicted molar refractivity (Wildman–Crippen MR) is 116 cm³/mol. The molecule has 2 aliphatic rings. The van der Waals surface area contributed by atoms with E-state index in [-0.39, 0.29) is 6.09 Å². The molecule has 0 unspecified atom stereocenters. The van der Waals surface area contributed by atoms with E-state index in [0.717, 1.165) is 30.2 Å². The van der Waals surface area contributed by atoms with E-state index in [0.29, 0.717) is 51.2 Å². The molecule has 2 aromatic rings. The van der Waals surface area contributed by atoms with E-state index >= 15 is 0 Å². The quantitative estimate of drug-likeness (QED) is 0.505. The number of morpholine rings is 1. The summed E-state index contributed by atoms with van der Waals surface area (Å²) in [6.45, 7) is 6.55. The number of hydrogen-bond donors (Lipinski definition) is 1. The molecule has 10 nitrogen and oxygen atoms in total. The van der Waals surface area contributed by atoms with Crippen molar-refractivity contribution in [3.8, 4) is 5.88 Å². The van der Waals surface area contributed by atoms with Crippen LogP contribution in [-0.2, 0) is 9.47 Å². The molecule has 0 spiro atoms. The minimum Gasteiger partial charge on any atom is -0.476 e. The lowest BCUT2D eigenvalue weighted by Crippen LogP contribution is -2.37. The molecule has 4 rings (SSSR count). The van der Waals surface area contributed by atoms with Crippen molar-refractivity contribution in [2.24, 2.45) is 5.10 Å². The number of aromatic nitrogens is 2. The van der Waals surface area contributed by atoms with Crippen molar-refractivity contribution < 1.29 is 19.0 Å². The fraction of sp³-hybridized carbons (Fsp3) is 0.429. The molecule has 2 saturated heterocycles. The number of benzene rings is 1. The molecular formula is C21H26N6O4. The fourth-order valence-corrected chi connectivity index (χ4v) is 3.28. The van der Waals surface area contributed by atoms with Gasteiger partial charge in [0, 0.05) is 19.2 Å². The molecule has 2 aliphatic heterocycles. The maximum absolute atomic E-state index is 11.6. The summed E-state index contributed by atoms with van der Waals surface area (Å²) in [4.78, 5) is 24.4. The van der Waals surface area contributed by atoms with Crippen molar-refractivity contribution >= 4 is 23.8 Å². The Labute approximate surface area is 180 Å². The zero-order valence-electron chi connectivity index (χ0n) is 17.5. The second-order valence-corrected chi connectivity index (χ2v) is 7.21. The number of hydrazone groups is 1. The van der Waals surface area contributed by atoms with Crippen molar-refractivity contribution in [2.45, 2.75) is 6.92 Å². The van der Waals surface area contributed by atoms with E-state index in [9.17, 15) is 4.79 Å². The third kappa shape index (κ3) is 5.82. The Kier molecular flexibility index (Phi) is 6.78. The molecule has 1 N–H and O–H groups in total. The summed E-state index contributed by atoms with van der Waals surface area (Å²) in [7, 11) is 0. The average molecular weight is 426 g/mol. The number of aryl methyl sites for hydroxylation is 1. The number of hydrogen-bond acceptors (Lipinski definition) is 9. The molecular weight excluding hydrogens is 400 g/mol. The summed E-state index contributed by atoms with van der Waals surface area (Å²) in [5, 5.41) is 4.27. The SMILES string of the molecule is Cc1cccc(N/N=C/c2nc(OCCN3CCOC3=O)cc(N3CCOCC3)n2)c1. The zero-order valence-corrected chi connectivity index (χ0v) is 17.5. The first-order valence-corrected chi connectivity index (χ1v) is 10.3. The lowest BCUT2D eigenvalue weighted by molar-refractivity contribution is 0.122. The van der Waals surface area contributed by atoms with Gasteiger partial charge >= 0.3 is 6.09 Å². The summed E-state index contributed by atoms with van der Waals surface area (Å²) < 4.78 is 16.2. The number of amides is 1. The van der Waals surface area contributed by atoms with Gasteiger partial charge in [-0.25, -0.2) is 9.78 Å². The van der Waals surface area contributed by atoms with Crippen LogP contribution < -0.4 is 15.1 Å². The summed E-state index contributed by atoms with van der Waals surface area (Å²) in [6.07, 6.45) is 1.26. The minimum atomic E-state index is -0.310. The number of ether oxygens (including phenoxy) is 3. The number of carbonyl (C=O) groups excluding carboxylic acids is 1. The normalized spacial score (nSPS) is 16.6. The van der Waals surface area contributed by atoms with Crippen LogP contribution in [0.2, 0.25) is 0 Å². The van der Waals surface area contributed by atoms with E-state index in [1.807, 2.05) is 31.2 Å². The molecule has 3 heterocycles. The highest BCUT2D eigenvalue weighted by molar-refractivity contribution is 5.76. The third-order valence-electron chi connectivity index (χ3n) is 4.89. The lowest BCUT2D eigenvalue weighted by atomic mass is 10.2. The largest absolute Gasteiger partial charge is 0.476 e. The maximum atomic E-state index is 11.6. The van der Waals surface area contributed by atoms with Crippen LogP contribution in [0.15, 0.2) is 35.4 Å². The number of nitrogens with zero attached hydrogens (tertiary/aromatic N) is 5. The lowest BCUT2D eigenvalue weighted by Gasteiger charge is -2.28. The fourth-order valence-electron chi connectivity index (χ4n) is 3.28. The van der Waals surface area contributed by atoms with Crippen LogP contribution >= 0.6 is 0 Å². The highest BCUT2D eigenvalue weighted by Crippen LogP contribution is 2.19. The van der Waals surface area contributed by atoms with Crippen LogP contribution in [0.25, 0.3) is 0 Å². The Morgan fingerprint density at radius 2 is 2.06 bits per heavy atom. The smallest absolute Gasteiger partial charge is 0.410 e. The van der Waals surface area contributed by atoms with E-state index < -0.39 is 0 Å². The van der Waals surface area contributed by atoms with Crippen molar-refractivity contribution in [2.75, 3.05) is 62.9 Å². The molecule has 0 radical (unpaired) electrons. The Hall–Kier alpha value is -3.40. The van der Waals surface area contributed by atoms with Crippen LogP contribution in [0.3, 0.4) is 0 Å². The Balaban J connectivity index is 1.45. The molecule has 0 atom stereocenters. The van der Waals surface area contributed by atoms with Gasteiger partial charge in [-0.1, -0.05) is 12.1 Å². The van der Waals surface area contributed by atoms with E-state index in [1.165, 1.54) is 0 Å². The van der Waals surface area contributed by atoms with Gasteiger partial charge in [0.1, 0.15) is 19.0 Å². The van der Waals surface area contributed by atoms with Crippen LogP contribution in [0.4, 0.5) is 16.3 Å². The van der Waals surface area contributed by atoms with Crippen LogP contribution in [0.5, 0.6) is 5.88 Å². The van der Waals surface area contributed by atoms with Gasteiger partial charge in [0.25, 0.3) is 0 Å². The van der Waals surface area contributed by atoms with Crippen LogP contribution in [0, 0.1) is 6.92 Å². The first kappa shape index (κ1) is 20.9. The number of cyclic esters (lactones) is 1. The first-order valence-electron chi connectivity index (χ1n) is 10.3. The van der Waals surface area contributed by atoms with Crippen LogP contribution in [-0.4, -0.2) is 79.8 Å². The molecule has 164 valence electrons. The maximum Gasteiger partial charge on any atom is 0.410 e. The Bertz CT molecular complexity index is 932. The van der Waals surface area contributed by atoms with Crippen molar-refractivity contribution in [3.05, 3.63) is 41.7 Å². The summed E-state index contributed by atoms with van der Waals surface area (Å²) in [5.41, 5.74) is 5.02. The molecule has 31 heavy (non-hydrogen) atoms. The first-order chi connectivity index (χ1) is 15.2. The van der Waals surface area contributed by atoms with Gasteiger partial charge in [0.2, 0.25) is 5.88 Å². The van der Waals surface area contributed by atoms with E-state index in [4.69, 9.17) is 14.2 Å².